The molecule has 5 atom stereocenters. The van der Waals surface area contributed by atoms with Gasteiger partial charge in [-0.15, -0.1) is 0 Å². The van der Waals surface area contributed by atoms with Crippen LogP contribution in [-0.2, 0) is 20.8 Å². The van der Waals surface area contributed by atoms with Crippen molar-refractivity contribution >= 4 is 0 Å². The van der Waals surface area contributed by atoms with Crippen molar-refractivity contribution in [2.45, 2.75) is 75.5 Å². The van der Waals surface area contributed by atoms with E-state index in [1.165, 1.54) is 19.3 Å². The second kappa shape index (κ2) is 9.57. The van der Waals surface area contributed by atoms with Gasteiger partial charge in [0.1, 0.15) is 29.8 Å². The van der Waals surface area contributed by atoms with Crippen molar-refractivity contribution < 1.29 is 28.8 Å². The van der Waals surface area contributed by atoms with Gasteiger partial charge in [-0.1, -0.05) is 36.8 Å². The van der Waals surface area contributed by atoms with Crippen LogP contribution in [0.5, 0.6) is 11.5 Å². The van der Waals surface area contributed by atoms with Crippen molar-refractivity contribution in [3.05, 3.63) is 60.2 Å². The molecule has 0 aromatic heterocycles. The first kappa shape index (κ1) is 20.8. The van der Waals surface area contributed by atoms with Crippen LogP contribution in [0.15, 0.2) is 54.6 Å². The summed E-state index contributed by atoms with van der Waals surface area (Å²) in [5, 5.41) is 11.0. The summed E-state index contributed by atoms with van der Waals surface area (Å²) in [6.45, 7) is 0.780. The van der Waals surface area contributed by atoms with Crippen LogP contribution in [0.25, 0.3) is 0 Å². The Bertz CT molecular complexity index is 820. The second-order valence-corrected chi connectivity index (χ2v) is 8.56. The molecule has 31 heavy (non-hydrogen) atoms. The molecule has 2 aliphatic heterocycles. The van der Waals surface area contributed by atoms with Crippen molar-refractivity contribution in [1.29, 1.82) is 0 Å². The second-order valence-electron chi connectivity index (χ2n) is 8.56. The highest BCUT2D eigenvalue weighted by Gasteiger charge is 2.52. The van der Waals surface area contributed by atoms with Crippen molar-refractivity contribution in [2.75, 3.05) is 6.61 Å². The number of aliphatic hydroxyl groups excluding tert-OH is 1. The van der Waals surface area contributed by atoms with Crippen LogP contribution < -0.4 is 9.47 Å². The lowest BCUT2D eigenvalue weighted by Gasteiger charge is -2.37. The molecule has 5 rings (SSSR count). The molecule has 2 heterocycles. The average Bonchev–Trinajstić information content (AvgIpc) is 3.25. The van der Waals surface area contributed by atoms with Gasteiger partial charge >= 0.3 is 0 Å². The summed E-state index contributed by atoms with van der Waals surface area (Å²) < 4.78 is 29.9. The minimum atomic E-state index is -0.854. The summed E-state index contributed by atoms with van der Waals surface area (Å²) in [6.07, 6.45) is 3.39. The maximum absolute atomic E-state index is 11.0. The summed E-state index contributed by atoms with van der Waals surface area (Å²) >= 11 is 0. The molecule has 1 aliphatic carbocycles. The standard InChI is InChI=1S/C25H30O6/c26-22-23(27-15-17-7-3-1-4-8-17)21-16-28-25(31-21)24(22)30-20-13-11-19(12-14-20)29-18-9-5-2-6-10-18/h1,3-4,7-8,11-14,18,21-26H,2,5-6,9-10,15-16H2/t21-,22+,23-,24-,25-/m1/s1. The van der Waals surface area contributed by atoms with E-state index in [9.17, 15) is 5.11 Å². The third kappa shape index (κ3) is 4.88. The highest BCUT2D eigenvalue weighted by molar-refractivity contribution is 5.32. The quantitative estimate of drug-likeness (QED) is 0.726. The normalized spacial score (nSPS) is 30.8. The van der Waals surface area contributed by atoms with Crippen LogP contribution in [0.3, 0.4) is 0 Å². The van der Waals surface area contributed by atoms with Crippen molar-refractivity contribution in [2.24, 2.45) is 0 Å². The van der Waals surface area contributed by atoms with Crippen molar-refractivity contribution in [3.8, 4) is 11.5 Å². The number of hydrogen-bond donors (Lipinski definition) is 1. The molecule has 0 unspecified atom stereocenters. The Morgan fingerprint density at radius 1 is 0.839 bits per heavy atom. The molecular weight excluding hydrogens is 396 g/mol. The Kier molecular flexibility index (Phi) is 6.41. The van der Waals surface area contributed by atoms with E-state index in [0.717, 1.165) is 24.2 Å². The van der Waals surface area contributed by atoms with Gasteiger partial charge in [-0.05, 0) is 55.5 Å². The molecule has 166 valence electrons. The van der Waals surface area contributed by atoms with Gasteiger partial charge in [0.05, 0.1) is 19.3 Å². The van der Waals surface area contributed by atoms with Crippen LogP contribution in [0.4, 0.5) is 0 Å². The van der Waals surface area contributed by atoms with E-state index < -0.39 is 24.6 Å². The van der Waals surface area contributed by atoms with E-state index in [-0.39, 0.29) is 6.10 Å². The molecule has 0 radical (unpaired) electrons. The Balaban J connectivity index is 1.21. The van der Waals surface area contributed by atoms with E-state index in [1.807, 2.05) is 54.6 Å². The molecule has 2 aromatic rings. The predicted octanol–water partition coefficient (Wildman–Crippen LogP) is 3.85. The number of aliphatic hydroxyl groups is 1. The molecule has 1 saturated carbocycles. The zero-order valence-corrected chi connectivity index (χ0v) is 17.6. The molecule has 6 nitrogen and oxygen atoms in total. The first-order valence-electron chi connectivity index (χ1n) is 11.3. The number of hydrogen-bond acceptors (Lipinski definition) is 6. The third-order valence-corrected chi connectivity index (χ3v) is 6.28. The monoisotopic (exact) mass is 426 g/mol. The van der Waals surface area contributed by atoms with Crippen LogP contribution in [0.2, 0.25) is 0 Å². The Morgan fingerprint density at radius 2 is 1.55 bits per heavy atom. The number of benzene rings is 2. The SMILES string of the molecule is O[C@@H]1[C@@H](Oc2ccc(OC3CCCCC3)cc2)[C@@H]2OC[C@@H](O2)[C@H]1OCc1ccccc1. The number of fused-ring (bicyclic) bond motifs is 2. The molecule has 2 saturated heterocycles. The largest absolute Gasteiger partial charge is 0.490 e. The third-order valence-electron chi connectivity index (χ3n) is 6.28. The summed E-state index contributed by atoms with van der Waals surface area (Å²) in [6, 6.07) is 17.5. The summed E-state index contributed by atoms with van der Waals surface area (Å²) in [5.74, 6) is 1.49. The zero-order valence-electron chi connectivity index (χ0n) is 17.6. The van der Waals surface area contributed by atoms with Crippen LogP contribution in [0, 0.1) is 0 Å². The molecule has 0 amide bonds. The Hall–Kier alpha value is -2.12. The molecule has 3 fully saturated rings. The lowest BCUT2D eigenvalue weighted by molar-refractivity contribution is -0.233. The highest BCUT2D eigenvalue weighted by Crippen LogP contribution is 2.34. The molecule has 2 aromatic carbocycles. The number of rotatable bonds is 7. The van der Waals surface area contributed by atoms with Crippen LogP contribution in [-0.4, -0.2) is 48.5 Å². The van der Waals surface area contributed by atoms with E-state index in [1.54, 1.807) is 0 Å². The van der Waals surface area contributed by atoms with E-state index in [2.05, 4.69) is 0 Å². The van der Waals surface area contributed by atoms with Gasteiger partial charge in [-0.3, -0.25) is 0 Å². The maximum atomic E-state index is 11.0. The van der Waals surface area contributed by atoms with Crippen molar-refractivity contribution in [1.82, 2.24) is 0 Å². The lowest BCUT2D eigenvalue weighted by Crippen LogP contribution is -2.57. The summed E-state index contributed by atoms with van der Waals surface area (Å²) in [5.41, 5.74) is 1.04. The van der Waals surface area contributed by atoms with Crippen LogP contribution in [0.1, 0.15) is 37.7 Å². The van der Waals surface area contributed by atoms with Crippen molar-refractivity contribution in [3.63, 3.8) is 0 Å². The lowest BCUT2D eigenvalue weighted by atomic mass is 9.98. The average molecular weight is 427 g/mol. The molecule has 0 spiro atoms. The molecule has 2 bridgehead atoms. The zero-order chi connectivity index (χ0) is 21.0. The predicted molar refractivity (Wildman–Crippen MR) is 114 cm³/mol. The summed E-state index contributed by atoms with van der Waals surface area (Å²) in [4.78, 5) is 0. The van der Waals surface area contributed by atoms with E-state index in [0.29, 0.717) is 25.1 Å². The fourth-order valence-electron chi connectivity index (χ4n) is 4.58. The van der Waals surface area contributed by atoms with Gasteiger partial charge in [-0.25, -0.2) is 0 Å². The Morgan fingerprint density at radius 3 is 2.29 bits per heavy atom. The maximum Gasteiger partial charge on any atom is 0.197 e. The fourth-order valence-corrected chi connectivity index (χ4v) is 4.58. The highest BCUT2D eigenvalue weighted by atomic mass is 16.8. The van der Waals surface area contributed by atoms with E-state index >= 15 is 0 Å². The minimum absolute atomic E-state index is 0.296. The van der Waals surface area contributed by atoms with Crippen LogP contribution >= 0.6 is 0 Å². The smallest absolute Gasteiger partial charge is 0.197 e. The number of ether oxygens (including phenoxy) is 5. The molecule has 6 heteroatoms. The fraction of sp³-hybridized carbons (Fsp3) is 0.520. The van der Waals surface area contributed by atoms with Gasteiger partial charge < -0.3 is 28.8 Å². The first-order chi connectivity index (χ1) is 15.3. The summed E-state index contributed by atoms with van der Waals surface area (Å²) in [7, 11) is 0. The van der Waals surface area contributed by atoms with E-state index in [4.69, 9.17) is 23.7 Å². The van der Waals surface area contributed by atoms with Gasteiger partial charge in [0.25, 0.3) is 0 Å². The van der Waals surface area contributed by atoms with Gasteiger partial charge in [0.2, 0.25) is 0 Å². The molecule has 1 N–H and O–H groups in total. The first-order valence-corrected chi connectivity index (χ1v) is 11.3. The Labute approximate surface area is 183 Å². The van der Waals surface area contributed by atoms with Gasteiger partial charge in [0, 0.05) is 0 Å². The van der Waals surface area contributed by atoms with Gasteiger partial charge in [-0.2, -0.15) is 0 Å². The topological polar surface area (TPSA) is 66.4 Å². The van der Waals surface area contributed by atoms with Gasteiger partial charge in [0.15, 0.2) is 12.4 Å². The molecule has 3 aliphatic rings. The minimum Gasteiger partial charge on any atom is -0.490 e. The molecular formula is C25H30O6.